The Morgan fingerprint density at radius 1 is 0.909 bits per heavy atom. The fourth-order valence-corrected chi connectivity index (χ4v) is 4.92. The smallest absolute Gasteiger partial charge is 0.257 e. The molecular weight excluding hydrogens is 416 g/mol. The molecular formula is C27H34N2O4. The summed E-state index contributed by atoms with van der Waals surface area (Å²) < 4.78 is 6.03. The van der Waals surface area contributed by atoms with Gasteiger partial charge >= 0.3 is 0 Å². The molecule has 1 N–H and O–H groups in total. The van der Waals surface area contributed by atoms with Crippen LogP contribution in [-0.2, 0) is 11.2 Å². The standard InChI is InChI=1S/C27H34N2O4/c30-21-27-12-6-7-15-28(25(31)20-22-8-2-1-3-9-22)18-19-33-24-11-5-4-10-23(24)26(32)29(16-13-27)17-14-27/h1-5,8-11,30H,6-7,12-21H2. The maximum absolute atomic E-state index is 13.2. The first-order valence-electron chi connectivity index (χ1n) is 12.0. The van der Waals surface area contributed by atoms with Crippen molar-refractivity contribution in [1.82, 2.24) is 9.80 Å². The molecule has 0 saturated carbocycles. The van der Waals surface area contributed by atoms with Crippen LogP contribution in [0.4, 0.5) is 0 Å². The molecule has 0 spiro atoms. The maximum Gasteiger partial charge on any atom is 0.257 e. The van der Waals surface area contributed by atoms with Gasteiger partial charge in [-0.15, -0.1) is 0 Å². The van der Waals surface area contributed by atoms with Crippen molar-refractivity contribution in [3.8, 4) is 5.75 Å². The zero-order valence-electron chi connectivity index (χ0n) is 19.2. The van der Waals surface area contributed by atoms with E-state index >= 15 is 0 Å². The van der Waals surface area contributed by atoms with Gasteiger partial charge in [-0.05, 0) is 48.8 Å². The molecule has 1 fully saturated rings. The minimum atomic E-state index is -0.133. The number of carbonyl (C=O) groups is 2. The monoisotopic (exact) mass is 450 g/mol. The Bertz CT molecular complexity index is 938. The second kappa shape index (κ2) is 10.8. The fraction of sp³-hybridized carbons (Fsp3) is 0.481. The van der Waals surface area contributed by atoms with Crippen LogP contribution in [0.5, 0.6) is 5.75 Å². The molecule has 1 saturated heterocycles. The van der Waals surface area contributed by atoms with Gasteiger partial charge in [-0.3, -0.25) is 9.59 Å². The molecule has 3 heterocycles. The van der Waals surface area contributed by atoms with Gasteiger partial charge in [-0.1, -0.05) is 48.9 Å². The van der Waals surface area contributed by atoms with Crippen LogP contribution in [0.15, 0.2) is 54.6 Å². The highest BCUT2D eigenvalue weighted by atomic mass is 16.5. The molecule has 3 aliphatic rings. The third-order valence-electron chi connectivity index (χ3n) is 7.12. The lowest BCUT2D eigenvalue weighted by molar-refractivity contribution is -0.131. The van der Waals surface area contributed by atoms with E-state index < -0.39 is 0 Å². The van der Waals surface area contributed by atoms with Crippen LogP contribution in [0.25, 0.3) is 0 Å². The van der Waals surface area contributed by atoms with Gasteiger partial charge in [0, 0.05) is 26.2 Å². The van der Waals surface area contributed by atoms with Gasteiger partial charge in [-0.2, -0.15) is 0 Å². The molecule has 0 aliphatic carbocycles. The maximum atomic E-state index is 13.2. The third-order valence-corrected chi connectivity index (χ3v) is 7.12. The molecule has 33 heavy (non-hydrogen) atoms. The van der Waals surface area contributed by atoms with E-state index in [-0.39, 0.29) is 23.8 Å². The summed E-state index contributed by atoms with van der Waals surface area (Å²) >= 11 is 0. The molecule has 2 bridgehead atoms. The molecule has 176 valence electrons. The predicted molar refractivity (Wildman–Crippen MR) is 127 cm³/mol. The topological polar surface area (TPSA) is 70.1 Å². The van der Waals surface area contributed by atoms with Crippen molar-refractivity contribution in [2.45, 2.75) is 38.5 Å². The highest BCUT2D eigenvalue weighted by Gasteiger charge is 2.36. The molecule has 3 aliphatic heterocycles. The second-order valence-corrected chi connectivity index (χ2v) is 9.30. The van der Waals surface area contributed by atoms with E-state index in [1.807, 2.05) is 64.4 Å². The third kappa shape index (κ3) is 5.74. The van der Waals surface area contributed by atoms with Crippen LogP contribution in [0.1, 0.15) is 48.0 Å². The highest BCUT2D eigenvalue weighted by Crippen LogP contribution is 2.37. The molecule has 6 heteroatoms. The molecule has 2 amide bonds. The minimum absolute atomic E-state index is 0.0241. The zero-order valence-corrected chi connectivity index (χ0v) is 19.2. The molecule has 0 atom stereocenters. The first-order valence-corrected chi connectivity index (χ1v) is 12.0. The van der Waals surface area contributed by atoms with E-state index in [2.05, 4.69) is 0 Å². The summed E-state index contributed by atoms with van der Waals surface area (Å²) in [6.45, 7) is 2.92. The molecule has 2 aromatic carbocycles. The number of carbonyl (C=O) groups excluding carboxylic acids is 2. The fourth-order valence-electron chi connectivity index (χ4n) is 4.92. The van der Waals surface area contributed by atoms with Crippen molar-refractivity contribution in [3.63, 3.8) is 0 Å². The summed E-state index contributed by atoms with van der Waals surface area (Å²) in [4.78, 5) is 30.1. The van der Waals surface area contributed by atoms with E-state index in [0.717, 1.165) is 37.7 Å². The highest BCUT2D eigenvalue weighted by molar-refractivity contribution is 5.97. The van der Waals surface area contributed by atoms with Gasteiger partial charge in [0.05, 0.1) is 18.5 Å². The van der Waals surface area contributed by atoms with Crippen molar-refractivity contribution in [1.29, 1.82) is 0 Å². The summed E-state index contributed by atoms with van der Waals surface area (Å²) in [6, 6.07) is 17.1. The summed E-state index contributed by atoms with van der Waals surface area (Å²) in [5.41, 5.74) is 1.43. The Morgan fingerprint density at radius 2 is 1.64 bits per heavy atom. The first-order chi connectivity index (χ1) is 16.1. The van der Waals surface area contributed by atoms with E-state index in [0.29, 0.717) is 50.5 Å². The summed E-state index contributed by atoms with van der Waals surface area (Å²) in [5, 5.41) is 10.2. The largest absolute Gasteiger partial charge is 0.491 e. The molecule has 2 aromatic rings. The second-order valence-electron chi connectivity index (χ2n) is 9.30. The quantitative estimate of drug-likeness (QED) is 0.777. The van der Waals surface area contributed by atoms with Gasteiger partial charge < -0.3 is 19.6 Å². The van der Waals surface area contributed by atoms with Gasteiger partial charge in [0.1, 0.15) is 12.4 Å². The van der Waals surface area contributed by atoms with Crippen molar-refractivity contribution < 1.29 is 19.4 Å². The number of para-hydroxylation sites is 1. The number of rotatable bonds is 3. The summed E-state index contributed by atoms with van der Waals surface area (Å²) in [7, 11) is 0. The average Bonchev–Trinajstić information content (AvgIpc) is 2.86. The van der Waals surface area contributed by atoms with Crippen LogP contribution < -0.4 is 4.74 Å². The Morgan fingerprint density at radius 3 is 2.39 bits per heavy atom. The molecule has 5 rings (SSSR count). The van der Waals surface area contributed by atoms with E-state index in [1.54, 1.807) is 0 Å². The van der Waals surface area contributed by atoms with Crippen molar-refractivity contribution in [2.75, 3.05) is 39.4 Å². The number of nitrogens with zero attached hydrogens (tertiary/aromatic N) is 2. The predicted octanol–water partition coefficient (Wildman–Crippen LogP) is 3.54. The van der Waals surface area contributed by atoms with E-state index in [4.69, 9.17) is 4.74 Å². The lowest BCUT2D eigenvalue weighted by Gasteiger charge is -2.41. The molecule has 0 unspecified atom stereocenters. The van der Waals surface area contributed by atoms with Crippen LogP contribution in [0.2, 0.25) is 0 Å². The number of aliphatic hydroxyl groups is 1. The van der Waals surface area contributed by atoms with Crippen LogP contribution in [-0.4, -0.2) is 66.1 Å². The Balaban J connectivity index is 1.52. The van der Waals surface area contributed by atoms with Gasteiger partial charge in [-0.25, -0.2) is 0 Å². The molecule has 0 aromatic heterocycles. The number of hydrogen-bond donors (Lipinski definition) is 1. The summed E-state index contributed by atoms with van der Waals surface area (Å²) in [6.07, 6.45) is 4.72. The molecule has 0 radical (unpaired) electrons. The van der Waals surface area contributed by atoms with Gasteiger partial charge in [0.15, 0.2) is 0 Å². The van der Waals surface area contributed by atoms with Crippen LogP contribution in [0, 0.1) is 5.41 Å². The van der Waals surface area contributed by atoms with Gasteiger partial charge in [0.2, 0.25) is 5.91 Å². The van der Waals surface area contributed by atoms with Crippen molar-refractivity contribution in [2.24, 2.45) is 5.41 Å². The lowest BCUT2D eigenvalue weighted by atomic mass is 9.75. The molecule has 6 nitrogen and oxygen atoms in total. The number of amides is 2. The van der Waals surface area contributed by atoms with Crippen molar-refractivity contribution >= 4 is 11.8 Å². The van der Waals surface area contributed by atoms with Crippen molar-refractivity contribution in [3.05, 3.63) is 65.7 Å². The van der Waals surface area contributed by atoms with Gasteiger partial charge in [0.25, 0.3) is 5.91 Å². The lowest BCUT2D eigenvalue weighted by Crippen LogP contribution is -2.44. The Labute approximate surface area is 196 Å². The number of hydrogen-bond acceptors (Lipinski definition) is 4. The number of benzene rings is 2. The van der Waals surface area contributed by atoms with E-state index in [1.165, 1.54) is 0 Å². The number of aliphatic hydroxyl groups excluding tert-OH is 1. The SMILES string of the molecule is O=C(Cc1ccccc1)N1CCCCC2(CO)CCN(CC2)C(=O)c2ccccc2OCC1. The number of piperidine rings is 1. The number of ether oxygens (including phenoxy) is 1. The average molecular weight is 451 g/mol. The Kier molecular flexibility index (Phi) is 7.65. The normalized spacial score (nSPS) is 19.2. The van der Waals surface area contributed by atoms with Crippen LogP contribution >= 0.6 is 0 Å². The number of fused-ring (bicyclic) bond motifs is 9. The summed E-state index contributed by atoms with van der Waals surface area (Å²) in [5.74, 6) is 0.623. The van der Waals surface area contributed by atoms with E-state index in [9.17, 15) is 14.7 Å². The first kappa shape index (κ1) is 23.3. The zero-order chi connectivity index (χ0) is 23.1. The van der Waals surface area contributed by atoms with Crippen LogP contribution in [0.3, 0.4) is 0 Å². The minimum Gasteiger partial charge on any atom is -0.491 e. The Hall–Kier alpha value is -2.86.